The number of anilines is 1. The molecule has 1 aliphatic heterocycles. The monoisotopic (exact) mass is 282 g/mol. The maximum atomic E-state index is 11.6. The predicted molar refractivity (Wildman–Crippen MR) is 86.2 cm³/mol. The van der Waals surface area contributed by atoms with Gasteiger partial charge < -0.3 is 5.32 Å². The van der Waals surface area contributed by atoms with Crippen LogP contribution in [0.4, 0.5) is 5.69 Å². The highest BCUT2D eigenvalue weighted by Gasteiger charge is 2.16. The molecule has 1 aromatic rings. The quantitative estimate of drug-likeness (QED) is 0.681. The number of hydrogen-bond donors (Lipinski definition) is 1. The molecular weight excluding hydrogens is 268 g/mol. The molecule has 0 atom stereocenters. The smallest absolute Gasteiger partial charge is 0.246 e. The Hall–Kier alpha value is -2.25. The first-order chi connectivity index (χ1) is 9.74. The maximum Gasteiger partial charge on any atom is 0.246 e. The lowest BCUT2D eigenvalue weighted by molar-refractivity contribution is -0.114. The number of allylic oxidation sites excluding steroid dienone is 2. The third kappa shape index (κ3) is 3.40. The summed E-state index contributed by atoms with van der Waals surface area (Å²) in [5.74, 6) is 3.17. The van der Waals surface area contributed by atoms with E-state index in [4.69, 9.17) is 6.42 Å². The van der Waals surface area contributed by atoms with Crippen LogP contribution in [0.3, 0.4) is 0 Å². The van der Waals surface area contributed by atoms with Gasteiger partial charge >= 0.3 is 0 Å². The van der Waals surface area contributed by atoms with Crippen molar-refractivity contribution >= 4 is 29.1 Å². The normalized spacial score (nSPS) is 13.9. The van der Waals surface area contributed by atoms with Crippen LogP contribution in [0.15, 0.2) is 47.3 Å². The van der Waals surface area contributed by atoms with Crippen molar-refractivity contribution in [1.82, 2.24) is 0 Å². The number of amides is 1. The summed E-state index contributed by atoms with van der Waals surface area (Å²) in [7, 11) is 0. The number of hydrogen-bond acceptors (Lipinski definition) is 3. The number of aliphatic imine (C=N–C) groups is 1. The second kappa shape index (κ2) is 6.78. The molecule has 0 saturated heterocycles. The van der Waals surface area contributed by atoms with Crippen molar-refractivity contribution in [3.63, 3.8) is 0 Å². The van der Waals surface area contributed by atoms with Crippen LogP contribution < -0.4 is 5.32 Å². The molecule has 3 nitrogen and oxygen atoms in total. The van der Waals surface area contributed by atoms with Crippen molar-refractivity contribution in [3.05, 3.63) is 53.5 Å². The second-order valence-corrected chi connectivity index (χ2v) is 4.99. The summed E-state index contributed by atoms with van der Waals surface area (Å²) in [5, 5.41) is 4.78. The van der Waals surface area contributed by atoms with Crippen LogP contribution in [0.1, 0.15) is 11.1 Å². The third-order valence-corrected chi connectivity index (χ3v) is 3.51. The maximum absolute atomic E-state index is 11.6. The summed E-state index contributed by atoms with van der Waals surface area (Å²) in [6.07, 6.45) is 9.01. The van der Waals surface area contributed by atoms with Gasteiger partial charge in [-0.2, -0.15) is 0 Å². The number of fused-ring (bicyclic) bond motifs is 1. The molecule has 4 heteroatoms. The molecule has 0 spiro atoms. The third-order valence-electron chi connectivity index (χ3n) is 2.72. The lowest BCUT2D eigenvalue weighted by atomic mass is 10.1. The average molecular weight is 282 g/mol. The second-order valence-electron chi connectivity index (χ2n) is 4.09. The SMILES string of the molecule is C#Cc1ccc2c(c1)C(CS/C=C\C=C)=NCC(=O)N2. The Balaban J connectivity index is 2.32. The van der Waals surface area contributed by atoms with Crippen LogP contribution in [0, 0.1) is 12.3 Å². The summed E-state index contributed by atoms with van der Waals surface area (Å²) < 4.78 is 0. The highest BCUT2D eigenvalue weighted by atomic mass is 32.2. The van der Waals surface area contributed by atoms with Crippen molar-refractivity contribution < 1.29 is 4.79 Å². The van der Waals surface area contributed by atoms with E-state index in [1.165, 1.54) is 0 Å². The molecule has 0 saturated carbocycles. The standard InChI is InChI=1S/C16H14N2OS/c1-3-5-8-20-11-15-13-9-12(4-2)6-7-14(13)18-16(19)10-17-15/h2-3,5-9H,1,10-11H2,(H,18,19)/b8-5-. The van der Waals surface area contributed by atoms with Crippen molar-refractivity contribution in [2.45, 2.75) is 0 Å². The molecule has 1 heterocycles. The van der Waals surface area contributed by atoms with Crippen molar-refractivity contribution in [2.24, 2.45) is 4.99 Å². The van der Waals surface area contributed by atoms with Crippen LogP contribution in [-0.4, -0.2) is 23.9 Å². The van der Waals surface area contributed by atoms with E-state index in [-0.39, 0.29) is 12.5 Å². The minimum absolute atomic E-state index is 0.110. The summed E-state index contributed by atoms with van der Waals surface area (Å²) in [6.45, 7) is 3.76. The molecule has 0 unspecified atom stereocenters. The number of terminal acetylenes is 1. The molecule has 2 rings (SSSR count). The molecule has 20 heavy (non-hydrogen) atoms. The highest BCUT2D eigenvalue weighted by molar-refractivity contribution is 8.02. The zero-order chi connectivity index (χ0) is 14.4. The Morgan fingerprint density at radius 1 is 1.55 bits per heavy atom. The molecule has 100 valence electrons. The first-order valence-electron chi connectivity index (χ1n) is 6.08. The minimum atomic E-state index is -0.110. The number of thioether (sulfide) groups is 1. The lowest BCUT2D eigenvalue weighted by Gasteiger charge is -2.09. The fraction of sp³-hybridized carbons (Fsp3) is 0.125. The average Bonchev–Trinajstić information content (AvgIpc) is 2.62. The Morgan fingerprint density at radius 2 is 2.40 bits per heavy atom. The van der Waals surface area contributed by atoms with Gasteiger partial charge in [-0.1, -0.05) is 24.7 Å². The minimum Gasteiger partial charge on any atom is -0.324 e. The fourth-order valence-electron chi connectivity index (χ4n) is 1.79. The number of benzodiazepines with no additional fused rings is 1. The summed E-state index contributed by atoms with van der Waals surface area (Å²) >= 11 is 1.60. The number of carbonyl (C=O) groups is 1. The molecular formula is C16H14N2OS. The number of carbonyl (C=O) groups excluding carboxylic acids is 1. The van der Waals surface area contributed by atoms with Crippen LogP contribution >= 0.6 is 11.8 Å². The van der Waals surface area contributed by atoms with Gasteiger partial charge in [0.2, 0.25) is 5.91 Å². The number of nitrogens with one attached hydrogen (secondary N) is 1. The molecule has 0 bridgehead atoms. The molecule has 0 fully saturated rings. The molecule has 1 aromatic carbocycles. The Bertz CT molecular complexity index is 638. The summed E-state index contributed by atoms with van der Waals surface area (Å²) in [4.78, 5) is 16.0. The van der Waals surface area contributed by atoms with E-state index >= 15 is 0 Å². The van der Waals surface area contributed by atoms with E-state index in [1.54, 1.807) is 17.8 Å². The van der Waals surface area contributed by atoms with Crippen LogP contribution in [0.5, 0.6) is 0 Å². The molecule has 1 N–H and O–H groups in total. The zero-order valence-corrected chi connectivity index (χ0v) is 11.7. The molecule has 1 aliphatic rings. The predicted octanol–water partition coefficient (Wildman–Crippen LogP) is 2.84. The van der Waals surface area contributed by atoms with E-state index < -0.39 is 0 Å². The zero-order valence-electron chi connectivity index (χ0n) is 10.9. The Labute approximate surface area is 122 Å². The Morgan fingerprint density at radius 3 is 3.15 bits per heavy atom. The van der Waals surface area contributed by atoms with E-state index in [1.807, 2.05) is 29.7 Å². The summed E-state index contributed by atoms with van der Waals surface area (Å²) in [5.41, 5.74) is 3.30. The fourth-order valence-corrected chi connectivity index (χ4v) is 2.51. The molecule has 0 aromatic heterocycles. The Kier molecular flexibility index (Phi) is 4.80. The van der Waals surface area contributed by atoms with E-state index in [9.17, 15) is 4.79 Å². The number of rotatable bonds is 4. The number of benzene rings is 1. The van der Waals surface area contributed by atoms with Gasteiger partial charge in [0.15, 0.2) is 0 Å². The summed E-state index contributed by atoms with van der Waals surface area (Å²) in [6, 6.07) is 5.53. The van der Waals surface area contributed by atoms with Crippen LogP contribution in [-0.2, 0) is 4.79 Å². The first-order valence-corrected chi connectivity index (χ1v) is 7.13. The van der Waals surface area contributed by atoms with Gasteiger partial charge in [0, 0.05) is 22.6 Å². The lowest BCUT2D eigenvalue weighted by Crippen LogP contribution is -2.13. The van der Waals surface area contributed by atoms with Crippen LogP contribution in [0.25, 0.3) is 0 Å². The molecule has 0 aliphatic carbocycles. The van der Waals surface area contributed by atoms with E-state index in [0.29, 0.717) is 5.75 Å². The van der Waals surface area contributed by atoms with Crippen molar-refractivity contribution in [1.29, 1.82) is 0 Å². The molecule has 1 amide bonds. The van der Waals surface area contributed by atoms with Gasteiger partial charge in [0.25, 0.3) is 0 Å². The van der Waals surface area contributed by atoms with Gasteiger partial charge in [0.05, 0.1) is 5.71 Å². The van der Waals surface area contributed by atoms with E-state index in [0.717, 1.165) is 22.5 Å². The first kappa shape index (κ1) is 14.2. The highest BCUT2D eigenvalue weighted by Crippen LogP contribution is 2.22. The van der Waals surface area contributed by atoms with Gasteiger partial charge in [0.1, 0.15) is 6.54 Å². The topological polar surface area (TPSA) is 41.5 Å². The largest absolute Gasteiger partial charge is 0.324 e. The van der Waals surface area contributed by atoms with Gasteiger partial charge in [-0.15, -0.1) is 18.2 Å². The van der Waals surface area contributed by atoms with Crippen LogP contribution in [0.2, 0.25) is 0 Å². The van der Waals surface area contributed by atoms with Crippen molar-refractivity contribution in [2.75, 3.05) is 17.6 Å². The van der Waals surface area contributed by atoms with Gasteiger partial charge in [-0.3, -0.25) is 9.79 Å². The van der Waals surface area contributed by atoms with E-state index in [2.05, 4.69) is 22.8 Å². The van der Waals surface area contributed by atoms with Gasteiger partial charge in [-0.05, 0) is 23.6 Å². The van der Waals surface area contributed by atoms with Crippen molar-refractivity contribution in [3.8, 4) is 12.3 Å². The molecule has 0 radical (unpaired) electrons. The van der Waals surface area contributed by atoms with Gasteiger partial charge in [-0.25, -0.2) is 0 Å². The number of nitrogens with zero attached hydrogens (tertiary/aromatic N) is 1.